The number of halogens is 3. The van der Waals surface area contributed by atoms with Gasteiger partial charge in [-0.3, -0.25) is 9.78 Å². The van der Waals surface area contributed by atoms with E-state index in [4.69, 9.17) is 23.9 Å². The second-order valence-corrected chi connectivity index (χ2v) is 8.62. The fourth-order valence-electron chi connectivity index (χ4n) is 4.02. The summed E-state index contributed by atoms with van der Waals surface area (Å²) in [4.78, 5) is 27.4. The smallest absolute Gasteiger partial charge is 0.475 e. The minimum Gasteiger partial charge on any atom is -0.475 e. The average Bonchev–Trinajstić information content (AvgIpc) is 3.35. The van der Waals surface area contributed by atoms with Gasteiger partial charge in [0.1, 0.15) is 11.4 Å². The van der Waals surface area contributed by atoms with Gasteiger partial charge in [0.05, 0.1) is 26.3 Å². The van der Waals surface area contributed by atoms with Gasteiger partial charge in [0.2, 0.25) is 0 Å². The number of likely N-dealkylation sites (tertiary alicyclic amines) is 1. The lowest BCUT2D eigenvalue weighted by Crippen LogP contribution is -2.66. The monoisotopic (exact) mass is 483 g/mol. The van der Waals surface area contributed by atoms with Crippen LogP contribution in [0.2, 0.25) is 0 Å². The molecule has 1 atom stereocenters. The highest BCUT2D eigenvalue weighted by atomic mass is 19.4. The Morgan fingerprint density at radius 2 is 1.88 bits per heavy atom. The number of carboxylic acid groups (broad SMARTS) is 1. The highest BCUT2D eigenvalue weighted by molar-refractivity contribution is 5.93. The Morgan fingerprint density at radius 3 is 2.50 bits per heavy atom. The van der Waals surface area contributed by atoms with Gasteiger partial charge in [-0.15, -0.1) is 0 Å². The predicted octanol–water partition coefficient (Wildman–Crippen LogP) is 3.03. The predicted molar refractivity (Wildman–Crippen MR) is 109 cm³/mol. The molecule has 0 radical (unpaired) electrons. The molecule has 1 spiro atoms. The van der Waals surface area contributed by atoms with E-state index in [1.54, 1.807) is 23.4 Å². The summed E-state index contributed by atoms with van der Waals surface area (Å²) < 4.78 is 49.0. The van der Waals surface area contributed by atoms with Gasteiger partial charge in [0, 0.05) is 36.9 Å². The number of nitrogens with zero attached hydrogens (tertiary/aromatic N) is 3. The highest BCUT2D eigenvalue weighted by Crippen LogP contribution is 2.42. The molecule has 184 valence electrons. The molecule has 5 rings (SSSR count). The standard InChI is InChI=1S/C20H23N3O4.C2HF3O2/c24-19(17-9-18(27-22-17)15-1-2-15)23-12-20(13-23)16(5-8-26-20)11-25-10-14-3-6-21-7-4-14;3-2(4,5)1(6)7/h3-4,6-7,9,15-16H,1-2,5,8,10-13H2;(H,6,7). The lowest BCUT2D eigenvalue weighted by molar-refractivity contribution is -0.192. The number of carboxylic acids is 1. The first-order valence-corrected chi connectivity index (χ1v) is 10.8. The maximum absolute atomic E-state index is 12.6. The molecule has 2 saturated heterocycles. The summed E-state index contributed by atoms with van der Waals surface area (Å²) >= 11 is 0. The van der Waals surface area contributed by atoms with E-state index in [0.29, 0.717) is 43.8 Å². The number of ether oxygens (including phenoxy) is 2. The normalized spacial score (nSPS) is 21.0. The van der Waals surface area contributed by atoms with E-state index in [-0.39, 0.29) is 11.5 Å². The van der Waals surface area contributed by atoms with Gasteiger partial charge in [0.25, 0.3) is 5.91 Å². The van der Waals surface area contributed by atoms with Crippen LogP contribution in [0.15, 0.2) is 35.1 Å². The van der Waals surface area contributed by atoms with Gasteiger partial charge in [-0.2, -0.15) is 13.2 Å². The average molecular weight is 483 g/mol. The van der Waals surface area contributed by atoms with Gasteiger partial charge in [-0.05, 0) is 37.0 Å². The number of rotatable bonds is 6. The van der Waals surface area contributed by atoms with Crippen molar-refractivity contribution in [2.75, 3.05) is 26.3 Å². The van der Waals surface area contributed by atoms with Crippen molar-refractivity contribution in [1.29, 1.82) is 0 Å². The van der Waals surface area contributed by atoms with Crippen molar-refractivity contribution in [3.8, 4) is 0 Å². The molecule has 3 fully saturated rings. The third kappa shape index (κ3) is 5.55. The Morgan fingerprint density at radius 1 is 1.21 bits per heavy atom. The van der Waals surface area contributed by atoms with Crippen molar-refractivity contribution in [3.05, 3.63) is 47.6 Å². The summed E-state index contributed by atoms with van der Waals surface area (Å²) in [6.07, 6.45) is 1.68. The molecule has 12 heteroatoms. The summed E-state index contributed by atoms with van der Waals surface area (Å²) in [5, 5.41) is 11.1. The number of carbonyl (C=O) groups excluding carboxylic acids is 1. The molecule has 1 saturated carbocycles. The molecule has 2 aliphatic heterocycles. The van der Waals surface area contributed by atoms with Crippen LogP contribution in [0.5, 0.6) is 0 Å². The van der Waals surface area contributed by atoms with E-state index in [2.05, 4.69) is 10.1 Å². The third-order valence-corrected chi connectivity index (χ3v) is 6.11. The van der Waals surface area contributed by atoms with Crippen molar-refractivity contribution >= 4 is 11.9 Å². The number of amides is 1. The first-order chi connectivity index (χ1) is 16.2. The summed E-state index contributed by atoms with van der Waals surface area (Å²) in [6.45, 7) is 3.13. The Labute approximate surface area is 192 Å². The van der Waals surface area contributed by atoms with Crippen molar-refractivity contribution in [3.63, 3.8) is 0 Å². The molecule has 9 nitrogen and oxygen atoms in total. The van der Waals surface area contributed by atoms with Crippen LogP contribution in [0, 0.1) is 5.92 Å². The molecule has 1 unspecified atom stereocenters. The minimum atomic E-state index is -5.08. The van der Waals surface area contributed by atoms with E-state index in [1.165, 1.54) is 0 Å². The zero-order valence-corrected chi connectivity index (χ0v) is 18.2. The number of hydrogen-bond donors (Lipinski definition) is 1. The van der Waals surface area contributed by atoms with Crippen molar-refractivity contribution in [2.45, 2.75) is 43.6 Å². The van der Waals surface area contributed by atoms with Gasteiger partial charge >= 0.3 is 12.1 Å². The van der Waals surface area contributed by atoms with E-state index in [9.17, 15) is 18.0 Å². The second kappa shape index (κ2) is 9.71. The zero-order valence-electron chi connectivity index (χ0n) is 18.2. The minimum absolute atomic E-state index is 0.0665. The molecule has 3 aliphatic rings. The van der Waals surface area contributed by atoms with Crippen molar-refractivity contribution in [1.82, 2.24) is 15.0 Å². The number of aromatic nitrogens is 2. The van der Waals surface area contributed by atoms with Gasteiger partial charge in [-0.25, -0.2) is 4.79 Å². The Balaban J connectivity index is 0.000000344. The molecular formula is C22H24F3N3O6. The fraction of sp³-hybridized carbons (Fsp3) is 0.545. The molecular weight excluding hydrogens is 459 g/mol. The van der Waals surface area contributed by atoms with Gasteiger partial charge in [0.15, 0.2) is 5.69 Å². The Bertz CT molecular complexity index is 1000. The molecule has 4 heterocycles. The van der Waals surface area contributed by atoms with Crippen LogP contribution in [-0.2, 0) is 20.9 Å². The lowest BCUT2D eigenvalue weighted by Gasteiger charge is -2.49. The maximum Gasteiger partial charge on any atom is 0.490 e. The first kappa shape index (κ1) is 24.1. The molecule has 0 bridgehead atoms. The van der Waals surface area contributed by atoms with Gasteiger partial charge < -0.3 is 24.0 Å². The summed E-state index contributed by atoms with van der Waals surface area (Å²) in [5.41, 5.74) is 1.26. The van der Waals surface area contributed by atoms with E-state index >= 15 is 0 Å². The molecule has 2 aromatic heterocycles. The zero-order chi connectivity index (χ0) is 24.3. The molecule has 0 aromatic carbocycles. The van der Waals surface area contributed by atoms with Crippen molar-refractivity contribution < 1.29 is 41.9 Å². The summed E-state index contributed by atoms with van der Waals surface area (Å²) in [6, 6.07) is 5.72. The Hall–Kier alpha value is -2.99. The topological polar surface area (TPSA) is 115 Å². The number of hydrogen-bond acceptors (Lipinski definition) is 7. The molecule has 34 heavy (non-hydrogen) atoms. The van der Waals surface area contributed by atoms with Crippen LogP contribution < -0.4 is 0 Å². The lowest BCUT2D eigenvalue weighted by atomic mass is 9.81. The largest absolute Gasteiger partial charge is 0.490 e. The molecule has 1 aliphatic carbocycles. The number of pyridine rings is 1. The number of alkyl halides is 3. The van der Waals surface area contributed by atoms with E-state index in [0.717, 1.165) is 37.2 Å². The third-order valence-electron chi connectivity index (χ3n) is 6.11. The van der Waals surface area contributed by atoms with E-state index < -0.39 is 12.1 Å². The molecule has 2 aromatic rings. The summed E-state index contributed by atoms with van der Waals surface area (Å²) in [5.74, 6) is -1.21. The Kier molecular flexibility index (Phi) is 6.89. The number of carbonyl (C=O) groups is 2. The molecule has 1 N–H and O–H groups in total. The van der Waals surface area contributed by atoms with Crippen LogP contribution in [0.4, 0.5) is 13.2 Å². The van der Waals surface area contributed by atoms with Crippen LogP contribution >= 0.6 is 0 Å². The maximum atomic E-state index is 12.6. The number of aliphatic carboxylic acids is 1. The SMILES string of the molecule is O=C(O)C(F)(F)F.O=C(c1cc(C2CC2)on1)N1CC2(C1)OCCC2COCc1ccncc1. The van der Waals surface area contributed by atoms with Crippen LogP contribution in [-0.4, -0.2) is 70.1 Å². The second-order valence-electron chi connectivity index (χ2n) is 8.62. The van der Waals surface area contributed by atoms with Crippen LogP contribution in [0.25, 0.3) is 0 Å². The van der Waals surface area contributed by atoms with Crippen LogP contribution in [0.3, 0.4) is 0 Å². The van der Waals surface area contributed by atoms with E-state index in [1.807, 2.05) is 12.1 Å². The van der Waals surface area contributed by atoms with Crippen LogP contribution in [0.1, 0.15) is 47.0 Å². The first-order valence-electron chi connectivity index (χ1n) is 10.8. The fourth-order valence-corrected chi connectivity index (χ4v) is 4.02. The highest BCUT2D eigenvalue weighted by Gasteiger charge is 2.55. The van der Waals surface area contributed by atoms with Gasteiger partial charge in [-0.1, -0.05) is 5.16 Å². The van der Waals surface area contributed by atoms with Crippen molar-refractivity contribution in [2.24, 2.45) is 5.92 Å². The summed E-state index contributed by atoms with van der Waals surface area (Å²) in [7, 11) is 0. The molecule has 1 amide bonds. The quantitative estimate of drug-likeness (QED) is 0.667.